The molecule has 25 heavy (non-hydrogen) atoms. The van der Waals surface area contributed by atoms with Crippen LogP contribution in [-0.4, -0.2) is 75.9 Å². The SMILES string of the molecule is N=C(N)n1nc([N+](=O)[O-])c2nnn(C3OC(CO)C(O)C3O)c(=O)c21. The van der Waals surface area contributed by atoms with Gasteiger partial charge in [0.2, 0.25) is 11.5 Å². The van der Waals surface area contributed by atoms with Gasteiger partial charge < -0.3 is 35.9 Å². The normalized spacial score (nSPS) is 26.2. The molecule has 0 aliphatic carbocycles. The third-order valence-corrected chi connectivity index (χ3v) is 3.65. The van der Waals surface area contributed by atoms with Gasteiger partial charge in [-0.1, -0.05) is 9.90 Å². The molecule has 0 saturated carbocycles. The molecule has 0 radical (unpaired) electrons. The molecular formula is C10H12N8O7. The highest BCUT2D eigenvalue weighted by Gasteiger charge is 2.45. The number of hydrogen-bond donors (Lipinski definition) is 5. The van der Waals surface area contributed by atoms with Gasteiger partial charge in [-0.25, -0.2) is 0 Å². The Bertz CT molecular complexity index is 922. The molecule has 3 heterocycles. The molecule has 1 fully saturated rings. The summed E-state index contributed by atoms with van der Waals surface area (Å²) < 4.78 is 6.19. The quantitative estimate of drug-likeness (QED) is 0.155. The molecule has 2 aromatic rings. The maximum Gasteiger partial charge on any atom is 0.419 e. The summed E-state index contributed by atoms with van der Waals surface area (Å²) in [6.07, 6.45) is -5.79. The molecule has 0 aromatic carbocycles. The van der Waals surface area contributed by atoms with E-state index in [1.54, 1.807) is 0 Å². The lowest BCUT2D eigenvalue weighted by atomic mass is 10.1. The molecule has 1 saturated heterocycles. The van der Waals surface area contributed by atoms with Crippen molar-refractivity contribution in [2.45, 2.75) is 24.5 Å². The van der Waals surface area contributed by atoms with Crippen LogP contribution in [0.4, 0.5) is 5.82 Å². The smallest absolute Gasteiger partial charge is 0.394 e. The Morgan fingerprint density at radius 1 is 1.44 bits per heavy atom. The minimum Gasteiger partial charge on any atom is -0.394 e. The average Bonchev–Trinajstić information content (AvgIpc) is 3.08. The zero-order valence-electron chi connectivity index (χ0n) is 12.3. The van der Waals surface area contributed by atoms with Crippen molar-refractivity contribution >= 4 is 22.8 Å². The summed E-state index contributed by atoms with van der Waals surface area (Å²) in [6.45, 7) is -0.629. The van der Waals surface area contributed by atoms with E-state index in [1.807, 2.05) is 0 Å². The second-order valence-electron chi connectivity index (χ2n) is 5.14. The summed E-state index contributed by atoms with van der Waals surface area (Å²) in [5.74, 6) is -1.61. The van der Waals surface area contributed by atoms with Crippen LogP contribution in [0, 0.1) is 15.5 Å². The predicted octanol–water partition coefficient (Wildman–Crippen LogP) is -3.75. The summed E-state index contributed by atoms with van der Waals surface area (Å²) >= 11 is 0. The Labute approximate surface area is 136 Å². The first-order valence-corrected chi connectivity index (χ1v) is 6.77. The first kappa shape index (κ1) is 16.8. The highest BCUT2D eigenvalue weighted by atomic mass is 16.6. The van der Waals surface area contributed by atoms with Gasteiger partial charge in [0.15, 0.2) is 11.7 Å². The van der Waals surface area contributed by atoms with Gasteiger partial charge in [-0.15, -0.1) is 5.10 Å². The first-order chi connectivity index (χ1) is 11.8. The van der Waals surface area contributed by atoms with Crippen molar-refractivity contribution in [2.24, 2.45) is 5.73 Å². The maximum atomic E-state index is 12.6. The highest BCUT2D eigenvalue weighted by Crippen LogP contribution is 2.28. The van der Waals surface area contributed by atoms with Crippen molar-refractivity contribution < 1.29 is 25.0 Å². The second-order valence-corrected chi connectivity index (χ2v) is 5.14. The lowest BCUT2D eigenvalue weighted by Crippen LogP contribution is -2.38. The van der Waals surface area contributed by atoms with Crippen LogP contribution in [0.5, 0.6) is 0 Å². The highest BCUT2D eigenvalue weighted by molar-refractivity contribution is 5.91. The van der Waals surface area contributed by atoms with Gasteiger partial charge in [-0.2, -0.15) is 4.68 Å². The zero-order chi connectivity index (χ0) is 18.5. The maximum absolute atomic E-state index is 12.6. The predicted molar refractivity (Wildman–Crippen MR) is 76.6 cm³/mol. The van der Waals surface area contributed by atoms with Gasteiger partial charge in [0.1, 0.15) is 18.3 Å². The van der Waals surface area contributed by atoms with Crippen LogP contribution in [0.2, 0.25) is 0 Å². The molecule has 6 N–H and O–H groups in total. The Kier molecular flexibility index (Phi) is 3.91. The molecule has 4 atom stereocenters. The molecule has 1 aliphatic heterocycles. The molecule has 134 valence electrons. The number of rotatable bonds is 3. The second kappa shape index (κ2) is 5.81. The van der Waals surface area contributed by atoms with E-state index in [0.29, 0.717) is 9.36 Å². The fourth-order valence-electron chi connectivity index (χ4n) is 2.47. The van der Waals surface area contributed by atoms with Crippen LogP contribution in [0.15, 0.2) is 4.79 Å². The summed E-state index contributed by atoms with van der Waals surface area (Å²) in [5, 5.41) is 57.6. The van der Waals surface area contributed by atoms with Crippen molar-refractivity contribution in [2.75, 3.05) is 6.61 Å². The van der Waals surface area contributed by atoms with Crippen LogP contribution in [0.25, 0.3) is 11.0 Å². The van der Waals surface area contributed by atoms with Crippen LogP contribution in [0.1, 0.15) is 6.23 Å². The van der Waals surface area contributed by atoms with Crippen LogP contribution >= 0.6 is 0 Å². The molecule has 2 aromatic heterocycles. The number of nitrogens with two attached hydrogens (primary N) is 1. The van der Waals surface area contributed by atoms with Gasteiger partial charge in [0.05, 0.1) is 11.7 Å². The summed E-state index contributed by atoms with van der Waals surface area (Å²) in [5.41, 5.74) is 3.20. The number of fused-ring (bicyclic) bond motifs is 1. The number of aliphatic hydroxyl groups excluding tert-OH is 3. The molecule has 3 rings (SSSR count). The fourth-order valence-corrected chi connectivity index (χ4v) is 2.47. The van der Waals surface area contributed by atoms with Crippen molar-refractivity contribution in [3.8, 4) is 0 Å². The number of aromatic nitrogens is 5. The van der Waals surface area contributed by atoms with E-state index in [1.165, 1.54) is 0 Å². The molecule has 15 nitrogen and oxygen atoms in total. The third kappa shape index (κ3) is 2.41. The first-order valence-electron chi connectivity index (χ1n) is 6.77. The van der Waals surface area contributed by atoms with Gasteiger partial charge >= 0.3 is 11.4 Å². The van der Waals surface area contributed by atoms with Crippen molar-refractivity contribution in [3.63, 3.8) is 0 Å². The minimum absolute atomic E-state index is 0.502. The minimum atomic E-state index is -1.62. The Balaban J connectivity index is 2.21. The van der Waals surface area contributed by atoms with E-state index in [2.05, 4.69) is 15.4 Å². The van der Waals surface area contributed by atoms with Gasteiger partial charge in [0, 0.05) is 0 Å². The van der Waals surface area contributed by atoms with Crippen LogP contribution < -0.4 is 11.3 Å². The molecule has 15 heteroatoms. The van der Waals surface area contributed by atoms with E-state index in [0.717, 1.165) is 0 Å². The molecule has 0 amide bonds. The molecule has 1 aliphatic rings. The number of aliphatic hydroxyl groups is 3. The van der Waals surface area contributed by atoms with E-state index in [9.17, 15) is 25.1 Å². The number of nitro groups is 1. The summed E-state index contributed by atoms with van der Waals surface area (Å²) in [7, 11) is 0. The van der Waals surface area contributed by atoms with Gasteiger partial charge in [-0.05, 0) is 4.92 Å². The number of hydrogen-bond acceptors (Lipinski definition) is 11. The fraction of sp³-hybridized carbons (Fsp3) is 0.500. The number of nitrogens with zero attached hydrogens (tertiary/aromatic N) is 6. The molecule has 4 unspecified atom stereocenters. The van der Waals surface area contributed by atoms with Crippen molar-refractivity contribution in [1.82, 2.24) is 24.8 Å². The Morgan fingerprint density at radius 2 is 2.12 bits per heavy atom. The molecule has 0 spiro atoms. The molecule has 0 bridgehead atoms. The van der Waals surface area contributed by atoms with Crippen LogP contribution in [-0.2, 0) is 4.74 Å². The van der Waals surface area contributed by atoms with Gasteiger partial charge in [-0.3, -0.25) is 10.2 Å². The van der Waals surface area contributed by atoms with E-state index in [-0.39, 0.29) is 0 Å². The lowest BCUT2D eigenvalue weighted by molar-refractivity contribution is -0.388. The topological polar surface area (TPSA) is 229 Å². The van der Waals surface area contributed by atoms with E-state index in [4.69, 9.17) is 21.0 Å². The van der Waals surface area contributed by atoms with Crippen molar-refractivity contribution in [1.29, 1.82) is 5.41 Å². The van der Waals surface area contributed by atoms with Crippen molar-refractivity contribution in [3.05, 3.63) is 20.5 Å². The average molecular weight is 356 g/mol. The number of nitrogen functional groups attached to an aromatic ring is 1. The van der Waals surface area contributed by atoms with E-state index < -0.39 is 64.4 Å². The summed E-state index contributed by atoms with van der Waals surface area (Å²) in [4.78, 5) is 22.7. The standard InChI is InChI=1S/C10H12N8O7/c11-10(12)16-4-3(7(14-16)18(23)24)13-15-17(8(4)22)9-6(21)5(20)2(1-19)25-9/h2,5-6,9,19-21H,1H2,(H3,11,12). The van der Waals surface area contributed by atoms with Crippen LogP contribution in [0.3, 0.4) is 0 Å². The Morgan fingerprint density at radius 3 is 2.64 bits per heavy atom. The monoisotopic (exact) mass is 356 g/mol. The third-order valence-electron chi connectivity index (χ3n) is 3.65. The summed E-state index contributed by atoms with van der Waals surface area (Å²) in [6, 6.07) is 0. The molecular weight excluding hydrogens is 344 g/mol. The number of ether oxygens (including phenoxy) is 1. The number of nitrogens with one attached hydrogen (secondary N) is 1. The Hall–Kier alpha value is -3.01. The zero-order valence-corrected chi connectivity index (χ0v) is 12.3. The van der Waals surface area contributed by atoms with Gasteiger partial charge in [0.25, 0.3) is 0 Å². The van der Waals surface area contributed by atoms with E-state index >= 15 is 0 Å². The lowest BCUT2D eigenvalue weighted by Gasteiger charge is -2.15. The largest absolute Gasteiger partial charge is 0.419 e.